The number of nitrogens with zero attached hydrogens (tertiary/aromatic N) is 2. The molecule has 0 saturated carbocycles. The van der Waals surface area contributed by atoms with Crippen molar-refractivity contribution in [3.05, 3.63) is 199 Å². The lowest BCUT2D eigenvalue weighted by Gasteiger charge is -2.55. The van der Waals surface area contributed by atoms with Crippen molar-refractivity contribution in [1.29, 1.82) is 0 Å². The molecule has 5 aromatic rings. The van der Waals surface area contributed by atoms with Gasteiger partial charge >= 0.3 is 0 Å². The summed E-state index contributed by atoms with van der Waals surface area (Å²) in [7, 11) is -4.07. The lowest BCUT2D eigenvalue weighted by atomic mass is 9.83. The van der Waals surface area contributed by atoms with Gasteiger partial charge in [-0.2, -0.15) is 4.31 Å². The molecule has 1 aliphatic heterocycles. The highest BCUT2D eigenvalue weighted by Crippen LogP contribution is 2.38. The summed E-state index contributed by atoms with van der Waals surface area (Å²) in [5.74, 6) is 0. The molecular formula is C47H52N2O5S. The van der Waals surface area contributed by atoms with E-state index in [1.807, 2.05) is 122 Å². The van der Waals surface area contributed by atoms with E-state index in [0.717, 1.165) is 27.8 Å². The van der Waals surface area contributed by atoms with Crippen LogP contribution in [0.3, 0.4) is 0 Å². The molecule has 5 atom stereocenters. The molecule has 0 radical (unpaired) electrons. The maximum absolute atomic E-state index is 15.0. The molecule has 1 heterocycles. The van der Waals surface area contributed by atoms with Crippen LogP contribution < -0.4 is 0 Å². The van der Waals surface area contributed by atoms with Gasteiger partial charge < -0.3 is 14.2 Å². The second-order valence-electron chi connectivity index (χ2n) is 14.0. The van der Waals surface area contributed by atoms with Crippen LogP contribution in [0.15, 0.2) is 176 Å². The zero-order chi connectivity index (χ0) is 38.5. The summed E-state index contributed by atoms with van der Waals surface area (Å²) in [5, 5.41) is 0. The van der Waals surface area contributed by atoms with Crippen molar-refractivity contribution in [2.24, 2.45) is 0 Å². The number of rotatable bonds is 19. The number of sulfonamides is 1. The standard InChI is InChI=1S/C47H52N2O5S/c1-4-18-43-45(49(31-5-2)55(50,51)42-29-27-37(3)28-30-42)47(54-35-41-25-16-9-17-26-41)46(53-34-40-23-14-8-15-24-40)44(36-52-33-39-21-12-7-13-22-39)48(43)32-38-19-10-6-11-20-38/h4-17,19-30,43-47H,1-2,18,31-36H2,3H3/t43-,44+,45+,46-,47-/m1/s1. The molecule has 0 aliphatic carbocycles. The summed E-state index contributed by atoms with van der Waals surface area (Å²) >= 11 is 0. The Morgan fingerprint density at radius 1 is 0.618 bits per heavy atom. The fourth-order valence-electron chi connectivity index (χ4n) is 7.44. The van der Waals surface area contributed by atoms with Crippen LogP contribution in [0.1, 0.15) is 34.2 Å². The maximum atomic E-state index is 15.0. The Kier molecular flexibility index (Phi) is 14.4. The molecule has 55 heavy (non-hydrogen) atoms. The van der Waals surface area contributed by atoms with Gasteiger partial charge in [-0.3, -0.25) is 4.90 Å². The zero-order valence-electron chi connectivity index (χ0n) is 31.6. The van der Waals surface area contributed by atoms with E-state index in [1.54, 1.807) is 22.5 Å². The van der Waals surface area contributed by atoms with Crippen LogP contribution in [0.5, 0.6) is 0 Å². The van der Waals surface area contributed by atoms with E-state index in [1.165, 1.54) is 0 Å². The van der Waals surface area contributed by atoms with Crippen molar-refractivity contribution >= 4 is 10.0 Å². The van der Waals surface area contributed by atoms with Gasteiger partial charge in [-0.15, -0.1) is 13.2 Å². The van der Waals surface area contributed by atoms with Gasteiger partial charge in [0.2, 0.25) is 10.0 Å². The van der Waals surface area contributed by atoms with E-state index >= 15 is 0 Å². The van der Waals surface area contributed by atoms with Gasteiger partial charge in [-0.05, 0) is 47.7 Å². The fourth-order valence-corrected chi connectivity index (χ4v) is 9.07. The lowest BCUT2D eigenvalue weighted by molar-refractivity contribution is -0.195. The highest BCUT2D eigenvalue weighted by molar-refractivity contribution is 7.89. The first-order valence-corrected chi connectivity index (χ1v) is 20.4. The van der Waals surface area contributed by atoms with Crippen molar-refractivity contribution in [2.75, 3.05) is 13.2 Å². The van der Waals surface area contributed by atoms with E-state index in [9.17, 15) is 8.42 Å². The van der Waals surface area contributed by atoms with Crippen molar-refractivity contribution in [3.63, 3.8) is 0 Å². The minimum Gasteiger partial charge on any atom is -0.375 e. The van der Waals surface area contributed by atoms with Crippen LogP contribution in [0.2, 0.25) is 0 Å². The molecule has 1 aliphatic rings. The minimum absolute atomic E-state index is 0.0689. The van der Waals surface area contributed by atoms with Crippen LogP contribution in [-0.4, -0.2) is 61.1 Å². The van der Waals surface area contributed by atoms with Crippen LogP contribution in [-0.2, 0) is 50.6 Å². The van der Waals surface area contributed by atoms with E-state index in [-0.39, 0.29) is 30.1 Å². The third kappa shape index (κ3) is 10.3. The predicted molar refractivity (Wildman–Crippen MR) is 220 cm³/mol. The third-order valence-corrected chi connectivity index (χ3v) is 12.0. The predicted octanol–water partition coefficient (Wildman–Crippen LogP) is 8.76. The Bertz CT molecular complexity index is 2010. The molecule has 0 unspecified atom stereocenters. The van der Waals surface area contributed by atoms with E-state index in [4.69, 9.17) is 14.2 Å². The van der Waals surface area contributed by atoms with Crippen LogP contribution >= 0.6 is 0 Å². The maximum Gasteiger partial charge on any atom is 0.243 e. The van der Waals surface area contributed by atoms with Gasteiger partial charge in [-0.1, -0.05) is 151 Å². The number of likely N-dealkylation sites (tertiary alicyclic amines) is 1. The van der Waals surface area contributed by atoms with E-state index in [0.29, 0.717) is 32.8 Å². The van der Waals surface area contributed by atoms with Crippen LogP contribution in [0.4, 0.5) is 0 Å². The Labute approximate surface area is 327 Å². The van der Waals surface area contributed by atoms with E-state index < -0.39 is 28.3 Å². The summed E-state index contributed by atoms with van der Waals surface area (Å²) in [6.07, 6.45) is 2.69. The van der Waals surface area contributed by atoms with Gasteiger partial charge in [0.25, 0.3) is 0 Å². The minimum atomic E-state index is -4.07. The van der Waals surface area contributed by atoms with Gasteiger partial charge in [0.05, 0.1) is 43.4 Å². The molecule has 8 heteroatoms. The van der Waals surface area contributed by atoms with Crippen molar-refractivity contribution in [2.45, 2.75) is 74.9 Å². The summed E-state index contributed by atoms with van der Waals surface area (Å²) in [4.78, 5) is 2.58. The van der Waals surface area contributed by atoms with Crippen LogP contribution in [0, 0.1) is 6.92 Å². The highest BCUT2D eigenvalue weighted by atomic mass is 32.2. The summed E-state index contributed by atoms with van der Waals surface area (Å²) < 4.78 is 52.2. The van der Waals surface area contributed by atoms with Gasteiger partial charge in [0.1, 0.15) is 12.2 Å². The molecule has 286 valence electrons. The number of ether oxygens (including phenoxy) is 3. The van der Waals surface area contributed by atoms with Gasteiger partial charge in [-0.25, -0.2) is 8.42 Å². The molecule has 7 nitrogen and oxygen atoms in total. The second-order valence-corrected chi connectivity index (χ2v) is 15.9. The topological polar surface area (TPSA) is 68.3 Å². The van der Waals surface area contributed by atoms with Crippen molar-refractivity contribution in [1.82, 2.24) is 9.21 Å². The number of piperidine rings is 1. The van der Waals surface area contributed by atoms with Crippen molar-refractivity contribution < 1.29 is 22.6 Å². The van der Waals surface area contributed by atoms with Crippen LogP contribution in [0.25, 0.3) is 0 Å². The third-order valence-electron chi connectivity index (χ3n) is 10.1. The van der Waals surface area contributed by atoms with Gasteiger partial charge in [0.15, 0.2) is 0 Å². The molecule has 0 bridgehead atoms. The molecule has 0 amide bonds. The monoisotopic (exact) mass is 756 g/mol. The number of benzene rings is 5. The zero-order valence-corrected chi connectivity index (χ0v) is 32.4. The van der Waals surface area contributed by atoms with E-state index in [2.05, 4.69) is 42.3 Å². The first-order chi connectivity index (χ1) is 26.9. The molecule has 0 aromatic heterocycles. The first kappa shape index (κ1) is 40.0. The average Bonchev–Trinajstić information content (AvgIpc) is 3.21. The molecule has 5 aromatic carbocycles. The number of hydrogen-bond acceptors (Lipinski definition) is 6. The van der Waals surface area contributed by atoms with Crippen molar-refractivity contribution in [3.8, 4) is 0 Å². The molecule has 1 fully saturated rings. The highest BCUT2D eigenvalue weighted by Gasteiger charge is 2.54. The molecule has 0 spiro atoms. The first-order valence-electron chi connectivity index (χ1n) is 18.9. The summed E-state index contributed by atoms with van der Waals surface area (Å²) in [6, 6.07) is 46.0. The Balaban J connectivity index is 1.51. The fraction of sp³-hybridized carbons (Fsp3) is 0.277. The molecule has 1 saturated heterocycles. The SMILES string of the molecule is C=CC[C@@H]1[C@H](N(CC=C)S(=O)(=O)c2ccc(C)cc2)[C@@H](OCc2ccccc2)[C@H](OCc2ccccc2)[C@H](COCc2ccccc2)N1Cc1ccccc1. The second kappa shape index (κ2) is 19.8. The quantitative estimate of drug-likeness (QED) is 0.0786. The average molecular weight is 757 g/mol. The summed E-state index contributed by atoms with van der Waals surface area (Å²) in [5.41, 5.74) is 5.10. The summed E-state index contributed by atoms with van der Waals surface area (Å²) in [6.45, 7) is 12.1. The molecule has 6 rings (SSSR count). The normalized spacial score (nSPS) is 20.3. The number of aryl methyl sites for hydroxylation is 1. The molecule has 0 N–H and O–H groups in total. The molecular weight excluding hydrogens is 705 g/mol. The lowest BCUT2D eigenvalue weighted by Crippen LogP contribution is -2.72. The smallest absolute Gasteiger partial charge is 0.243 e. The largest absolute Gasteiger partial charge is 0.375 e. The number of hydrogen-bond donors (Lipinski definition) is 0. The Hall–Kier alpha value is -4.67. The Morgan fingerprint density at radius 3 is 1.62 bits per heavy atom. The van der Waals surface area contributed by atoms with Gasteiger partial charge in [0, 0.05) is 19.1 Å². The Morgan fingerprint density at radius 2 is 1.11 bits per heavy atom.